The van der Waals surface area contributed by atoms with Crippen molar-refractivity contribution < 1.29 is 4.74 Å². The van der Waals surface area contributed by atoms with Gasteiger partial charge >= 0.3 is 0 Å². The fraction of sp³-hybridized carbons (Fsp3) is 0.611. The van der Waals surface area contributed by atoms with Crippen LogP contribution in [0.1, 0.15) is 31.7 Å². The predicted molar refractivity (Wildman–Crippen MR) is 116 cm³/mol. The van der Waals surface area contributed by atoms with E-state index in [-0.39, 0.29) is 24.0 Å². The van der Waals surface area contributed by atoms with Crippen LogP contribution in [0.5, 0.6) is 5.75 Å². The highest BCUT2D eigenvalue weighted by Gasteiger charge is 2.22. The van der Waals surface area contributed by atoms with Crippen LogP contribution in [0, 0.1) is 0 Å². The monoisotopic (exact) mass is 463 g/mol. The summed E-state index contributed by atoms with van der Waals surface area (Å²) in [6.07, 6.45) is 1.22. The molecule has 0 amide bonds. The van der Waals surface area contributed by atoms with E-state index in [1.807, 2.05) is 19.2 Å². The van der Waals surface area contributed by atoms with Crippen LogP contribution in [-0.2, 0) is 0 Å². The van der Waals surface area contributed by atoms with Gasteiger partial charge in [0.2, 0.25) is 0 Å². The van der Waals surface area contributed by atoms with Gasteiger partial charge in [-0.1, -0.05) is 32.0 Å². The first kappa shape index (κ1) is 21.4. The van der Waals surface area contributed by atoms with E-state index in [2.05, 4.69) is 53.0 Å². The van der Waals surface area contributed by atoms with Crippen LogP contribution in [0.15, 0.2) is 29.3 Å². The number of halogens is 1. The van der Waals surface area contributed by atoms with Gasteiger partial charge in [0, 0.05) is 43.6 Å². The van der Waals surface area contributed by atoms with Crippen molar-refractivity contribution in [3.8, 4) is 5.75 Å². The van der Waals surface area contributed by atoms with E-state index >= 15 is 0 Å². The molecule has 0 bridgehead atoms. The van der Waals surface area contributed by atoms with Gasteiger partial charge in [0.25, 0.3) is 0 Å². The lowest BCUT2D eigenvalue weighted by Crippen LogP contribution is -2.48. The number of hydrogen-bond donors (Lipinski definition) is 1. The molecule has 1 heterocycles. The van der Waals surface area contributed by atoms with Crippen LogP contribution in [0.4, 0.5) is 0 Å². The first-order valence-corrected chi connectivity index (χ1v) is 9.44. The molecule has 1 aromatic carbocycles. The molecule has 6 heteroatoms. The van der Waals surface area contributed by atoms with Gasteiger partial charge in [-0.25, -0.2) is 0 Å². The molecule has 2 rings (SSSR count). The van der Waals surface area contributed by atoms with Gasteiger partial charge in [-0.3, -0.25) is 4.99 Å². The zero-order valence-electron chi connectivity index (χ0n) is 15.1. The SMILES string of the molecule is CCC1CN(C(=NC)NCC(C)c2ccccc2OC)CCS1.I. The van der Waals surface area contributed by atoms with Gasteiger partial charge in [0.05, 0.1) is 7.11 Å². The van der Waals surface area contributed by atoms with Crippen LogP contribution >= 0.6 is 35.7 Å². The molecule has 0 spiro atoms. The number of methoxy groups -OCH3 is 1. The van der Waals surface area contributed by atoms with E-state index in [1.54, 1.807) is 7.11 Å². The molecule has 1 aromatic rings. The number of nitrogens with one attached hydrogen (secondary N) is 1. The Morgan fingerprint density at radius 2 is 2.21 bits per heavy atom. The van der Waals surface area contributed by atoms with Crippen molar-refractivity contribution in [3.63, 3.8) is 0 Å². The summed E-state index contributed by atoms with van der Waals surface area (Å²) in [6.45, 7) is 7.50. The number of para-hydroxylation sites is 1. The van der Waals surface area contributed by atoms with Crippen molar-refractivity contribution in [1.29, 1.82) is 0 Å². The molecule has 0 aliphatic carbocycles. The van der Waals surface area contributed by atoms with E-state index in [4.69, 9.17) is 4.74 Å². The van der Waals surface area contributed by atoms with Gasteiger partial charge < -0.3 is 15.0 Å². The van der Waals surface area contributed by atoms with Gasteiger partial charge in [-0.15, -0.1) is 24.0 Å². The minimum atomic E-state index is 0. The summed E-state index contributed by atoms with van der Waals surface area (Å²) in [5, 5.41) is 4.26. The normalized spacial score (nSPS) is 19.4. The van der Waals surface area contributed by atoms with Crippen molar-refractivity contribution in [2.75, 3.05) is 39.5 Å². The molecule has 2 atom stereocenters. The fourth-order valence-electron chi connectivity index (χ4n) is 2.92. The lowest BCUT2D eigenvalue weighted by Gasteiger charge is -2.34. The number of rotatable bonds is 5. The van der Waals surface area contributed by atoms with Crippen LogP contribution in [0.2, 0.25) is 0 Å². The molecule has 1 N–H and O–H groups in total. The fourth-order valence-corrected chi connectivity index (χ4v) is 4.10. The summed E-state index contributed by atoms with van der Waals surface area (Å²) in [5.74, 6) is 3.52. The highest BCUT2D eigenvalue weighted by Crippen LogP contribution is 2.26. The Kier molecular flexibility index (Phi) is 9.88. The van der Waals surface area contributed by atoms with Crippen LogP contribution in [-0.4, -0.2) is 55.7 Å². The highest BCUT2D eigenvalue weighted by molar-refractivity contribution is 14.0. The molecule has 24 heavy (non-hydrogen) atoms. The second-order valence-corrected chi connectivity index (χ2v) is 7.33. The summed E-state index contributed by atoms with van der Waals surface area (Å²) >= 11 is 2.08. The number of nitrogens with zero attached hydrogens (tertiary/aromatic N) is 2. The van der Waals surface area contributed by atoms with Crippen molar-refractivity contribution >= 4 is 41.7 Å². The topological polar surface area (TPSA) is 36.9 Å². The van der Waals surface area contributed by atoms with E-state index in [0.29, 0.717) is 11.2 Å². The zero-order chi connectivity index (χ0) is 16.7. The number of ether oxygens (including phenoxy) is 1. The number of hydrogen-bond acceptors (Lipinski definition) is 3. The standard InChI is InChI=1S/C18H29N3OS.HI/c1-5-15-13-21(10-11-23-15)18(19-3)20-12-14(2)16-8-6-7-9-17(16)22-4;/h6-9,14-15H,5,10-13H2,1-4H3,(H,19,20);1H. The maximum absolute atomic E-state index is 5.47. The average Bonchev–Trinajstić information content (AvgIpc) is 2.62. The van der Waals surface area contributed by atoms with Crippen molar-refractivity contribution in [3.05, 3.63) is 29.8 Å². The summed E-state index contributed by atoms with van der Waals surface area (Å²) in [5.41, 5.74) is 1.23. The summed E-state index contributed by atoms with van der Waals surface area (Å²) in [4.78, 5) is 6.87. The molecule has 2 unspecified atom stereocenters. The zero-order valence-corrected chi connectivity index (χ0v) is 18.3. The van der Waals surface area contributed by atoms with E-state index < -0.39 is 0 Å². The van der Waals surface area contributed by atoms with Crippen molar-refractivity contribution in [2.45, 2.75) is 31.4 Å². The number of aliphatic imine (C=N–C) groups is 1. The third-order valence-corrected chi connectivity index (χ3v) is 5.71. The Morgan fingerprint density at radius 3 is 2.88 bits per heavy atom. The van der Waals surface area contributed by atoms with Crippen molar-refractivity contribution in [1.82, 2.24) is 10.2 Å². The summed E-state index contributed by atoms with van der Waals surface area (Å²) < 4.78 is 5.47. The first-order valence-electron chi connectivity index (χ1n) is 8.39. The molecular formula is C18H30IN3OS. The number of benzene rings is 1. The highest BCUT2D eigenvalue weighted by atomic mass is 127. The smallest absolute Gasteiger partial charge is 0.193 e. The Bertz CT molecular complexity index is 527. The predicted octanol–water partition coefficient (Wildman–Crippen LogP) is 3.82. The van der Waals surface area contributed by atoms with E-state index in [9.17, 15) is 0 Å². The Labute approximate surface area is 167 Å². The van der Waals surface area contributed by atoms with Gasteiger partial charge in [0.15, 0.2) is 5.96 Å². The number of thioether (sulfide) groups is 1. The molecule has 0 saturated carbocycles. The molecule has 4 nitrogen and oxygen atoms in total. The summed E-state index contributed by atoms with van der Waals surface area (Å²) in [6, 6.07) is 8.24. The van der Waals surface area contributed by atoms with Gasteiger partial charge in [-0.2, -0.15) is 11.8 Å². The third kappa shape index (κ3) is 5.72. The Hall–Kier alpha value is -0.630. The molecule has 1 aliphatic rings. The van der Waals surface area contributed by atoms with Crippen LogP contribution in [0.3, 0.4) is 0 Å². The first-order chi connectivity index (χ1) is 11.2. The van der Waals surface area contributed by atoms with Crippen molar-refractivity contribution in [2.24, 2.45) is 4.99 Å². The molecule has 0 radical (unpaired) electrons. The minimum Gasteiger partial charge on any atom is -0.496 e. The largest absolute Gasteiger partial charge is 0.496 e. The minimum absolute atomic E-state index is 0. The quantitative estimate of drug-likeness (QED) is 0.409. The van der Waals surface area contributed by atoms with Gasteiger partial charge in [0.1, 0.15) is 5.75 Å². The third-order valence-electron chi connectivity index (χ3n) is 4.34. The second-order valence-electron chi connectivity index (χ2n) is 5.92. The molecular weight excluding hydrogens is 433 g/mol. The lowest BCUT2D eigenvalue weighted by atomic mass is 10.0. The molecule has 1 aliphatic heterocycles. The van der Waals surface area contributed by atoms with Gasteiger partial charge in [-0.05, 0) is 18.1 Å². The molecule has 136 valence electrons. The van der Waals surface area contributed by atoms with E-state index in [1.165, 1.54) is 17.7 Å². The second kappa shape index (κ2) is 11.1. The lowest BCUT2D eigenvalue weighted by molar-refractivity contribution is 0.400. The van der Waals surface area contributed by atoms with E-state index in [0.717, 1.165) is 31.3 Å². The Morgan fingerprint density at radius 1 is 1.46 bits per heavy atom. The number of guanidine groups is 1. The molecule has 1 fully saturated rings. The average molecular weight is 463 g/mol. The molecule has 0 aromatic heterocycles. The van der Waals surface area contributed by atoms with Crippen LogP contribution in [0.25, 0.3) is 0 Å². The van der Waals surface area contributed by atoms with Crippen LogP contribution < -0.4 is 10.1 Å². The maximum Gasteiger partial charge on any atom is 0.193 e. The maximum atomic E-state index is 5.47. The molecule has 1 saturated heterocycles. The Balaban J connectivity index is 0.00000288. The summed E-state index contributed by atoms with van der Waals surface area (Å²) in [7, 11) is 3.60.